The van der Waals surface area contributed by atoms with E-state index in [1.54, 1.807) is 20.3 Å². The predicted octanol–water partition coefficient (Wildman–Crippen LogP) is 2.84. The molecule has 0 saturated carbocycles. The Kier molecular flexibility index (Phi) is 6.03. The van der Waals surface area contributed by atoms with E-state index >= 15 is 0 Å². The minimum Gasteiger partial charge on any atom is -0.497 e. The van der Waals surface area contributed by atoms with E-state index in [0.717, 1.165) is 31.5 Å². The summed E-state index contributed by atoms with van der Waals surface area (Å²) in [7, 11) is 3.21. The monoisotopic (exact) mass is 376 g/mol. The molecule has 1 aromatic carbocycles. The Balaban J connectivity index is 1.62. The summed E-state index contributed by atoms with van der Waals surface area (Å²) in [5, 5.41) is 7.68. The van der Waals surface area contributed by atoms with Crippen LogP contribution in [0, 0.1) is 5.92 Å². The number of piperidine rings is 1. The van der Waals surface area contributed by atoms with Crippen molar-refractivity contribution in [3.8, 4) is 22.9 Å². The molecule has 1 saturated heterocycles. The molecule has 7 nitrogen and oxygen atoms in total. The summed E-state index contributed by atoms with van der Waals surface area (Å²) < 4.78 is 10.6. The third-order valence-corrected chi connectivity index (χ3v) is 5.42. The zero-order chi connectivity index (χ0) is 18.5. The van der Waals surface area contributed by atoms with Gasteiger partial charge in [0.15, 0.2) is 5.82 Å². The van der Waals surface area contributed by atoms with Crippen LogP contribution in [-0.4, -0.2) is 59.1 Å². The van der Waals surface area contributed by atoms with E-state index in [-0.39, 0.29) is 5.91 Å². The third-order valence-electron chi connectivity index (χ3n) is 4.59. The molecular weight excluding hydrogens is 352 g/mol. The number of rotatable bonds is 6. The smallest absolute Gasteiger partial charge is 0.233 e. The van der Waals surface area contributed by atoms with Crippen molar-refractivity contribution in [3.63, 3.8) is 0 Å². The van der Waals surface area contributed by atoms with E-state index in [0.29, 0.717) is 34.2 Å². The maximum Gasteiger partial charge on any atom is 0.233 e. The minimum atomic E-state index is 0.148. The number of aromatic nitrogens is 3. The second-order valence-electron chi connectivity index (χ2n) is 6.38. The van der Waals surface area contributed by atoms with Crippen molar-refractivity contribution >= 4 is 17.7 Å². The lowest BCUT2D eigenvalue weighted by Gasteiger charge is -2.30. The van der Waals surface area contributed by atoms with E-state index in [1.165, 1.54) is 11.8 Å². The Bertz CT molecular complexity index is 757. The zero-order valence-corrected chi connectivity index (χ0v) is 16.1. The molecule has 140 valence electrons. The van der Waals surface area contributed by atoms with E-state index < -0.39 is 0 Å². The summed E-state index contributed by atoms with van der Waals surface area (Å²) in [5.41, 5.74) is 0.795. The van der Waals surface area contributed by atoms with E-state index in [4.69, 9.17) is 9.47 Å². The first-order valence-electron chi connectivity index (χ1n) is 8.66. The van der Waals surface area contributed by atoms with E-state index in [1.807, 2.05) is 17.0 Å². The molecule has 0 aliphatic carbocycles. The summed E-state index contributed by atoms with van der Waals surface area (Å²) >= 11 is 1.35. The molecule has 1 N–H and O–H groups in total. The largest absolute Gasteiger partial charge is 0.497 e. The maximum atomic E-state index is 12.3. The van der Waals surface area contributed by atoms with Crippen LogP contribution in [0.1, 0.15) is 19.8 Å². The van der Waals surface area contributed by atoms with Gasteiger partial charge in [-0.25, -0.2) is 4.98 Å². The molecule has 1 aromatic heterocycles. The molecule has 8 heteroatoms. The predicted molar refractivity (Wildman–Crippen MR) is 101 cm³/mol. The number of aromatic amines is 1. The molecule has 0 atom stereocenters. The van der Waals surface area contributed by atoms with E-state index in [9.17, 15) is 4.79 Å². The molecule has 3 rings (SSSR count). The average molecular weight is 376 g/mol. The Morgan fingerprint density at radius 1 is 1.31 bits per heavy atom. The first-order chi connectivity index (χ1) is 12.6. The number of hydrogen-bond acceptors (Lipinski definition) is 6. The lowest BCUT2D eigenvalue weighted by Crippen LogP contribution is -2.38. The van der Waals surface area contributed by atoms with Gasteiger partial charge in [0, 0.05) is 19.2 Å². The number of carbonyl (C=O) groups excluding carboxylic acids is 1. The van der Waals surface area contributed by atoms with Crippen LogP contribution < -0.4 is 9.47 Å². The molecule has 1 amide bonds. The molecule has 0 spiro atoms. The number of carbonyl (C=O) groups is 1. The van der Waals surface area contributed by atoms with Crippen LogP contribution in [0.2, 0.25) is 0 Å². The summed E-state index contributed by atoms with van der Waals surface area (Å²) in [5.74, 6) is 3.17. The topological polar surface area (TPSA) is 80.3 Å². The summed E-state index contributed by atoms with van der Waals surface area (Å²) in [6.07, 6.45) is 2.16. The average Bonchev–Trinajstić information content (AvgIpc) is 3.15. The summed E-state index contributed by atoms with van der Waals surface area (Å²) in [6.45, 7) is 3.94. The van der Waals surface area contributed by atoms with Gasteiger partial charge >= 0.3 is 0 Å². The fourth-order valence-corrected chi connectivity index (χ4v) is 3.60. The molecular formula is C18H24N4O3S. The lowest BCUT2D eigenvalue weighted by atomic mass is 9.99. The maximum absolute atomic E-state index is 12.3. The molecule has 26 heavy (non-hydrogen) atoms. The Morgan fingerprint density at radius 3 is 2.77 bits per heavy atom. The Hall–Kier alpha value is -2.22. The van der Waals surface area contributed by atoms with Crippen molar-refractivity contribution in [2.45, 2.75) is 24.9 Å². The Morgan fingerprint density at radius 2 is 2.08 bits per heavy atom. The number of H-pyrrole nitrogens is 1. The van der Waals surface area contributed by atoms with Crippen molar-refractivity contribution < 1.29 is 14.3 Å². The number of benzene rings is 1. The fraction of sp³-hybridized carbons (Fsp3) is 0.500. The normalized spacial score (nSPS) is 15.1. The van der Waals surface area contributed by atoms with E-state index in [2.05, 4.69) is 22.1 Å². The first kappa shape index (κ1) is 18.6. The molecule has 1 fully saturated rings. The van der Waals surface area contributed by atoms with Crippen molar-refractivity contribution in [2.75, 3.05) is 33.1 Å². The number of nitrogens with zero attached hydrogens (tertiary/aromatic N) is 3. The molecule has 1 aliphatic rings. The van der Waals surface area contributed by atoms with Crippen LogP contribution in [-0.2, 0) is 4.79 Å². The number of likely N-dealkylation sites (tertiary alicyclic amines) is 1. The quantitative estimate of drug-likeness (QED) is 0.781. The summed E-state index contributed by atoms with van der Waals surface area (Å²) in [6, 6.07) is 5.51. The number of amides is 1. The highest BCUT2D eigenvalue weighted by molar-refractivity contribution is 7.99. The summed E-state index contributed by atoms with van der Waals surface area (Å²) in [4.78, 5) is 18.7. The zero-order valence-electron chi connectivity index (χ0n) is 15.3. The van der Waals surface area contributed by atoms with Crippen molar-refractivity contribution in [1.82, 2.24) is 20.1 Å². The van der Waals surface area contributed by atoms with Gasteiger partial charge in [-0.3, -0.25) is 9.89 Å². The minimum absolute atomic E-state index is 0.148. The third kappa shape index (κ3) is 4.30. The van der Waals surface area contributed by atoms with Crippen LogP contribution in [0.4, 0.5) is 0 Å². The van der Waals surface area contributed by atoms with Crippen LogP contribution in [0.25, 0.3) is 11.4 Å². The van der Waals surface area contributed by atoms with Crippen molar-refractivity contribution in [3.05, 3.63) is 18.2 Å². The van der Waals surface area contributed by atoms with Gasteiger partial charge in [0.2, 0.25) is 11.1 Å². The van der Waals surface area contributed by atoms with Gasteiger partial charge in [0.05, 0.1) is 25.5 Å². The second kappa shape index (κ2) is 8.44. The number of thioether (sulfide) groups is 1. The fourth-order valence-electron chi connectivity index (χ4n) is 2.90. The van der Waals surface area contributed by atoms with Gasteiger partial charge in [0.1, 0.15) is 11.5 Å². The van der Waals surface area contributed by atoms with Gasteiger partial charge in [-0.2, -0.15) is 0 Å². The molecule has 0 unspecified atom stereocenters. The number of hydrogen-bond donors (Lipinski definition) is 1. The molecule has 2 aromatic rings. The van der Waals surface area contributed by atoms with Crippen molar-refractivity contribution in [1.29, 1.82) is 0 Å². The molecule has 2 heterocycles. The number of methoxy groups -OCH3 is 2. The van der Waals surface area contributed by atoms with Crippen LogP contribution in [0.5, 0.6) is 11.5 Å². The molecule has 0 bridgehead atoms. The molecule has 0 radical (unpaired) electrons. The van der Waals surface area contributed by atoms with Gasteiger partial charge < -0.3 is 14.4 Å². The highest BCUT2D eigenvalue weighted by atomic mass is 32.2. The van der Waals surface area contributed by atoms with Gasteiger partial charge in [-0.1, -0.05) is 18.7 Å². The SMILES string of the molecule is COc1ccc(-c2nc(SCC(=O)N3CCC(C)CC3)n[nH]2)c(OC)c1. The van der Waals surface area contributed by atoms with Gasteiger partial charge in [-0.05, 0) is 30.9 Å². The first-order valence-corrected chi connectivity index (χ1v) is 9.64. The van der Waals surface area contributed by atoms with Crippen LogP contribution in [0.15, 0.2) is 23.4 Å². The van der Waals surface area contributed by atoms with Gasteiger partial charge in [0.25, 0.3) is 0 Å². The van der Waals surface area contributed by atoms with Crippen molar-refractivity contribution in [2.24, 2.45) is 5.92 Å². The second-order valence-corrected chi connectivity index (χ2v) is 7.33. The standard InChI is InChI=1S/C18H24N4O3S/c1-12-6-8-22(9-7-12)16(23)11-26-18-19-17(20-21-18)14-5-4-13(24-2)10-15(14)25-3/h4-5,10,12H,6-9,11H2,1-3H3,(H,19,20,21). The molecule has 1 aliphatic heterocycles. The highest BCUT2D eigenvalue weighted by Crippen LogP contribution is 2.32. The lowest BCUT2D eigenvalue weighted by molar-refractivity contribution is -0.129. The Labute approximate surface area is 157 Å². The highest BCUT2D eigenvalue weighted by Gasteiger charge is 2.21. The van der Waals surface area contributed by atoms with Crippen LogP contribution in [0.3, 0.4) is 0 Å². The van der Waals surface area contributed by atoms with Crippen LogP contribution >= 0.6 is 11.8 Å². The number of ether oxygens (including phenoxy) is 2. The van der Waals surface area contributed by atoms with Gasteiger partial charge in [-0.15, -0.1) is 5.10 Å². The number of nitrogens with one attached hydrogen (secondary N) is 1.